The smallest absolute Gasteiger partial charge is 0.263 e. The maximum atomic E-state index is 12.3. The number of nitrogens with one attached hydrogen (secondary N) is 2. The first-order chi connectivity index (χ1) is 10.1. The van der Waals surface area contributed by atoms with Crippen LogP contribution in [0.1, 0.15) is 16.1 Å². The first kappa shape index (κ1) is 13.7. The molecule has 7 heteroatoms. The molecular weight excluding hydrogens is 290 g/mol. The van der Waals surface area contributed by atoms with Crippen LogP contribution in [0, 0.1) is 0 Å². The molecule has 1 unspecified atom stereocenters. The van der Waals surface area contributed by atoms with E-state index in [1.807, 2.05) is 18.2 Å². The van der Waals surface area contributed by atoms with Gasteiger partial charge in [-0.2, -0.15) is 0 Å². The van der Waals surface area contributed by atoms with Crippen molar-refractivity contribution in [3.8, 4) is 5.75 Å². The number of hydrogen-bond donors (Lipinski definition) is 3. The first-order valence-corrected chi connectivity index (χ1v) is 7.34. The lowest BCUT2D eigenvalue weighted by Gasteiger charge is -2.09. The van der Waals surface area contributed by atoms with Crippen molar-refractivity contribution in [1.29, 1.82) is 0 Å². The van der Waals surface area contributed by atoms with Gasteiger partial charge in [0, 0.05) is 17.7 Å². The monoisotopic (exact) mass is 305 g/mol. The zero-order chi connectivity index (χ0) is 15.0. The van der Waals surface area contributed by atoms with Crippen molar-refractivity contribution in [2.75, 3.05) is 19.4 Å². The van der Waals surface area contributed by atoms with E-state index in [2.05, 4.69) is 10.6 Å². The van der Waals surface area contributed by atoms with Crippen molar-refractivity contribution in [2.45, 2.75) is 12.5 Å². The molecular formula is C14H15N3O3S. The van der Waals surface area contributed by atoms with E-state index in [-0.39, 0.29) is 17.9 Å². The Hall–Kier alpha value is -2.28. The number of rotatable bonds is 3. The third-order valence-corrected chi connectivity index (χ3v) is 4.62. The van der Waals surface area contributed by atoms with Crippen LogP contribution < -0.4 is 21.1 Å². The van der Waals surface area contributed by atoms with Gasteiger partial charge in [0.2, 0.25) is 5.91 Å². The van der Waals surface area contributed by atoms with Gasteiger partial charge in [-0.3, -0.25) is 9.59 Å². The van der Waals surface area contributed by atoms with Gasteiger partial charge in [0.05, 0.1) is 24.2 Å². The predicted molar refractivity (Wildman–Crippen MR) is 81.7 cm³/mol. The number of nitrogen functional groups attached to an aromatic ring is 1. The van der Waals surface area contributed by atoms with Crippen molar-refractivity contribution >= 4 is 38.9 Å². The van der Waals surface area contributed by atoms with Gasteiger partial charge >= 0.3 is 0 Å². The summed E-state index contributed by atoms with van der Waals surface area (Å²) in [5.41, 5.74) is 6.52. The van der Waals surface area contributed by atoms with Crippen molar-refractivity contribution < 1.29 is 14.3 Å². The summed E-state index contributed by atoms with van der Waals surface area (Å²) in [6, 6.07) is 5.39. The molecule has 1 fully saturated rings. The third kappa shape index (κ3) is 2.40. The number of hydrogen-bond acceptors (Lipinski definition) is 5. The molecule has 0 aliphatic carbocycles. The summed E-state index contributed by atoms with van der Waals surface area (Å²) >= 11 is 1.32. The van der Waals surface area contributed by atoms with Gasteiger partial charge in [-0.25, -0.2) is 0 Å². The molecule has 1 aliphatic rings. The Morgan fingerprint density at radius 2 is 2.33 bits per heavy atom. The standard InChI is InChI=1S/C14H15N3O3S/c1-20-8-3-2-4-9-11(8)12(15)13(21-9)14(19)17-7-5-10(18)16-6-7/h2-4,7H,5-6,15H2,1H3,(H,16,18)(H,17,19). The van der Waals surface area contributed by atoms with Gasteiger partial charge in [-0.05, 0) is 12.1 Å². The summed E-state index contributed by atoms with van der Waals surface area (Å²) < 4.78 is 6.19. The fourth-order valence-corrected chi connectivity index (χ4v) is 3.48. The molecule has 4 N–H and O–H groups in total. The average Bonchev–Trinajstić information content (AvgIpc) is 3.03. The van der Waals surface area contributed by atoms with E-state index >= 15 is 0 Å². The Kier molecular flexibility index (Phi) is 3.42. The molecule has 1 atom stereocenters. The SMILES string of the molecule is COc1cccc2sc(C(=O)NC3CNC(=O)C3)c(N)c12. The highest BCUT2D eigenvalue weighted by molar-refractivity contribution is 7.21. The van der Waals surface area contributed by atoms with Gasteiger partial charge < -0.3 is 21.1 Å². The van der Waals surface area contributed by atoms with E-state index in [1.54, 1.807) is 7.11 Å². The van der Waals surface area contributed by atoms with Crippen LogP contribution in [-0.4, -0.2) is 31.5 Å². The number of carbonyl (C=O) groups is 2. The van der Waals surface area contributed by atoms with Gasteiger partial charge in [0.1, 0.15) is 10.6 Å². The Bertz CT molecular complexity index is 726. The summed E-state index contributed by atoms with van der Waals surface area (Å²) in [5, 5.41) is 6.28. The Balaban J connectivity index is 1.91. The Morgan fingerprint density at radius 1 is 1.52 bits per heavy atom. The topological polar surface area (TPSA) is 93.5 Å². The van der Waals surface area contributed by atoms with Crippen LogP contribution in [0.15, 0.2) is 18.2 Å². The first-order valence-electron chi connectivity index (χ1n) is 6.52. The number of thiophene rings is 1. The molecule has 0 bridgehead atoms. The van der Waals surface area contributed by atoms with Crippen LogP contribution >= 0.6 is 11.3 Å². The van der Waals surface area contributed by atoms with E-state index in [9.17, 15) is 9.59 Å². The highest BCUT2D eigenvalue weighted by Gasteiger charge is 2.26. The number of benzene rings is 1. The lowest BCUT2D eigenvalue weighted by atomic mass is 10.2. The predicted octanol–water partition coefficient (Wildman–Crippen LogP) is 1.11. The lowest BCUT2D eigenvalue weighted by Crippen LogP contribution is -2.36. The molecule has 1 aliphatic heterocycles. The molecule has 3 rings (SSSR count). The van der Waals surface area contributed by atoms with Crippen molar-refractivity contribution in [1.82, 2.24) is 10.6 Å². The largest absolute Gasteiger partial charge is 0.496 e. The molecule has 1 aromatic carbocycles. The quantitative estimate of drug-likeness (QED) is 0.792. The van der Waals surface area contributed by atoms with Crippen molar-refractivity contribution in [2.24, 2.45) is 0 Å². The van der Waals surface area contributed by atoms with Crippen LogP contribution in [-0.2, 0) is 4.79 Å². The van der Waals surface area contributed by atoms with Gasteiger partial charge in [-0.15, -0.1) is 11.3 Å². The number of nitrogens with two attached hydrogens (primary N) is 1. The summed E-state index contributed by atoms with van der Waals surface area (Å²) in [5.74, 6) is 0.349. The van der Waals surface area contributed by atoms with E-state index < -0.39 is 0 Å². The Morgan fingerprint density at radius 3 is 3.00 bits per heavy atom. The van der Waals surface area contributed by atoms with Crippen LogP contribution in [0.25, 0.3) is 10.1 Å². The second-order valence-corrected chi connectivity index (χ2v) is 5.91. The summed E-state index contributed by atoms with van der Waals surface area (Å²) in [6.45, 7) is 0.457. The zero-order valence-corrected chi connectivity index (χ0v) is 12.3. The van der Waals surface area contributed by atoms with E-state index in [0.29, 0.717) is 29.3 Å². The molecule has 2 heterocycles. The normalized spacial score (nSPS) is 17.8. The summed E-state index contributed by atoms with van der Waals surface area (Å²) in [4.78, 5) is 24.0. The lowest BCUT2D eigenvalue weighted by molar-refractivity contribution is -0.119. The number of ether oxygens (including phenoxy) is 1. The zero-order valence-electron chi connectivity index (χ0n) is 11.4. The minimum absolute atomic E-state index is 0.0497. The molecule has 21 heavy (non-hydrogen) atoms. The Labute approximate surface area is 125 Å². The second-order valence-electron chi connectivity index (χ2n) is 4.86. The van der Waals surface area contributed by atoms with E-state index in [4.69, 9.17) is 10.5 Å². The fourth-order valence-electron chi connectivity index (χ4n) is 2.44. The molecule has 0 saturated carbocycles. The van der Waals surface area contributed by atoms with Crippen LogP contribution in [0.4, 0.5) is 5.69 Å². The van der Waals surface area contributed by atoms with Gasteiger partial charge in [-0.1, -0.05) is 6.07 Å². The number of methoxy groups -OCH3 is 1. The summed E-state index contributed by atoms with van der Waals surface area (Å²) in [6.07, 6.45) is 0.305. The minimum atomic E-state index is -0.253. The number of amides is 2. The molecule has 0 spiro atoms. The van der Waals surface area contributed by atoms with Crippen LogP contribution in [0.3, 0.4) is 0 Å². The molecule has 2 aromatic rings. The molecule has 1 saturated heterocycles. The maximum absolute atomic E-state index is 12.3. The van der Waals surface area contributed by atoms with Crippen molar-refractivity contribution in [3.05, 3.63) is 23.1 Å². The molecule has 1 aromatic heterocycles. The number of carbonyl (C=O) groups excluding carboxylic acids is 2. The van der Waals surface area contributed by atoms with E-state index in [0.717, 1.165) is 10.1 Å². The van der Waals surface area contributed by atoms with Crippen molar-refractivity contribution in [3.63, 3.8) is 0 Å². The highest BCUT2D eigenvalue weighted by atomic mass is 32.1. The number of fused-ring (bicyclic) bond motifs is 1. The van der Waals surface area contributed by atoms with Gasteiger partial charge in [0.25, 0.3) is 5.91 Å². The minimum Gasteiger partial charge on any atom is -0.496 e. The average molecular weight is 305 g/mol. The van der Waals surface area contributed by atoms with E-state index in [1.165, 1.54) is 11.3 Å². The van der Waals surface area contributed by atoms with Gasteiger partial charge in [0.15, 0.2) is 0 Å². The second kappa shape index (κ2) is 5.25. The molecule has 110 valence electrons. The van der Waals surface area contributed by atoms with Crippen LogP contribution in [0.2, 0.25) is 0 Å². The van der Waals surface area contributed by atoms with Crippen LogP contribution in [0.5, 0.6) is 5.75 Å². The summed E-state index contributed by atoms with van der Waals surface area (Å²) in [7, 11) is 1.57. The molecule has 6 nitrogen and oxygen atoms in total. The highest BCUT2D eigenvalue weighted by Crippen LogP contribution is 2.39. The fraction of sp³-hybridized carbons (Fsp3) is 0.286. The molecule has 0 radical (unpaired) electrons. The maximum Gasteiger partial charge on any atom is 0.263 e. The number of anilines is 1. The molecule has 2 amide bonds. The third-order valence-electron chi connectivity index (χ3n) is 3.45.